The minimum Gasteiger partial charge on any atom is -0.212 e. The van der Waals surface area contributed by atoms with Crippen LogP contribution in [-0.2, 0) is 10.0 Å². The molecule has 1 aliphatic rings. The molecule has 0 spiro atoms. The molecule has 18 heavy (non-hydrogen) atoms. The maximum absolute atomic E-state index is 11.8. The summed E-state index contributed by atoms with van der Waals surface area (Å²) in [5.74, 6) is 1.01. The van der Waals surface area contributed by atoms with Gasteiger partial charge in [0.05, 0.1) is 5.75 Å². The summed E-state index contributed by atoms with van der Waals surface area (Å²) in [6, 6.07) is 0.172. The van der Waals surface area contributed by atoms with Gasteiger partial charge in [-0.15, -0.1) is 0 Å². The number of hydrogen-bond acceptors (Lipinski definition) is 2. The van der Waals surface area contributed by atoms with Crippen LogP contribution in [0.3, 0.4) is 0 Å². The van der Waals surface area contributed by atoms with Gasteiger partial charge in [0.2, 0.25) is 10.0 Å². The highest BCUT2D eigenvalue weighted by molar-refractivity contribution is 7.89. The lowest BCUT2D eigenvalue weighted by atomic mass is 9.71. The summed E-state index contributed by atoms with van der Waals surface area (Å²) in [7, 11) is -3.05. The average molecular weight is 275 g/mol. The van der Waals surface area contributed by atoms with Crippen molar-refractivity contribution in [2.75, 3.05) is 5.75 Å². The minimum absolute atomic E-state index is 0.172. The molecule has 108 valence electrons. The smallest absolute Gasteiger partial charge is 0.211 e. The summed E-state index contributed by atoms with van der Waals surface area (Å²) < 4.78 is 26.5. The van der Waals surface area contributed by atoms with E-state index in [0.29, 0.717) is 5.41 Å². The van der Waals surface area contributed by atoms with Gasteiger partial charge in [-0.1, -0.05) is 34.1 Å². The van der Waals surface area contributed by atoms with Crippen LogP contribution >= 0.6 is 0 Å². The monoisotopic (exact) mass is 275 g/mol. The number of nitrogens with one attached hydrogen (secondary N) is 1. The Hall–Kier alpha value is -0.0900. The summed E-state index contributed by atoms with van der Waals surface area (Å²) in [5.41, 5.74) is 0.353. The predicted octanol–water partition coefficient (Wildman–Crippen LogP) is 3.31. The summed E-state index contributed by atoms with van der Waals surface area (Å²) in [5, 5.41) is 0. The molecule has 0 unspecified atom stereocenters. The van der Waals surface area contributed by atoms with Crippen LogP contribution in [0.5, 0.6) is 0 Å². The lowest BCUT2D eigenvalue weighted by molar-refractivity contribution is 0.166. The Labute approximate surface area is 113 Å². The number of rotatable bonds is 5. The first kappa shape index (κ1) is 16.0. The third kappa shape index (κ3) is 5.27. The van der Waals surface area contributed by atoms with Gasteiger partial charge in [0.1, 0.15) is 0 Å². The molecule has 0 heterocycles. The summed E-state index contributed by atoms with van der Waals surface area (Å²) in [4.78, 5) is 0. The van der Waals surface area contributed by atoms with Crippen LogP contribution in [0.1, 0.15) is 66.2 Å². The normalized spacial score (nSPS) is 26.2. The maximum atomic E-state index is 11.8. The predicted molar refractivity (Wildman–Crippen MR) is 77.0 cm³/mol. The minimum atomic E-state index is -3.05. The zero-order chi connectivity index (χ0) is 13.8. The fourth-order valence-electron chi connectivity index (χ4n) is 2.72. The third-order valence-corrected chi connectivity index (χ3v) is 5.58. The molecule has 4 heteroatoms. The molecule has 1 saturated carbocycles. The summed E-state index contributed by atoms with van der Waals surface area (Å²) in [6.07, 6.45) is 5.96. The highest BCUT2D eigenvalue weighted by Gasteiger charge is 2.30. The van der Waals surface area contributed by atoms with Crippen molar-refractivity contribution in [3.63, 3.8) is 0 Å². The first-order chi connectivity index (χ1) is 8.24. The highest BCUT2D eigenvalue weighted by Crippen LogP contribution is 2.37. The maximum Gasteiger partial charge on any atom is 0.211 e. The Morgan fingerprint density at radius 1 is 1.11 bits per heavy atom. The van der Waals surface area contributed by atoms with Crippen molar-refractivity contribution in [3.05, 3.63) is 0 Å². The molecule has 3 nitrogen and oxygen atoms in total. The lowest BCUT2D eigenvalue weighted by Crippen LogP contribution is -2.40. The average Bonchev–Trinajstić information content (AvgIpc) is 2.25. The van der Waals surface area contributed by atoms with Crippen LogP contribution < -0.4 is 4.72 Å². The van der Waals surface area contributed by atoms with E-state index in [-0.39, 0.29) is 11.8 Å². The van der Waals surface area contributed by atoms with E-state index < -0.39 is 10.0 Å². The van der Waals surface area contributed by atoms with Gasteiger partial charge in [-0.25, -0.2) is 13.1 Å². The van der Waals surface area contributed by atoms with Crippen LogP contribution in [0.2, 0.25) is 0 Å². The molecule has 0 saturated heterocycles. The molecule has 1 N–H and O–H groups in total. The lowest BCUT2D eigenvalue weighted by Gasteiger charge is -2.37. The molecular weight excluding hydrogens is 246 g/mol. The Kier molecular flexibility index (Phi) is 5.66. The van der Waals surface area contributed by atoms with Gasteiger partial charge in [-0.05, 0) is 43.4 Å². The van der Waals surface area contributed by atoms with E-state index in [0.717, 1.165) is 44.4 Å². The van der Waals surface area contributed by atoms with Gasteiger partial charge in [0.15, 0.2) is 0 Å². The molecule has 0 aromatic rings. The molecule has 0 atom stereocenters. The van der Waals surface area contributed by atoms with E-state index in [1.807, 2.05) is 6.92 Å². The number of unbranched alkanes of at least 4 members (excludes halogenated alkanes) is 1. The van der Waals surface area contributed by atoms with Crippen molar-refractivity contribution in [2.45, 2.75) is 72.3 Å². The van der Waals surface area contributed by atoms with Gasteiger partial charge in [-0.2, -0.15) is 0 Å². The van der Waals surface area contributed by atoms with Crippen molar-refractivity contribution in [1.82, 2.24) is 4.72 Å². The largest absolute Gasteiger partial charge is 0.212 e. The first-order valence-corrected chi connectivity index (χ1v) is 8.90. The van der Waals surface area contributed by atoms with E-state index in [2.05, 4.69) is 25.5 Å². The van der Waals surface area contributed by atoms with Crippen molar-refractivity contribution < 1.29 is 8.42 Å². The fourth-order valence-corrected chi connectivity index (χ4v) is 4.25. The third-order valence-electron chi connectivity index (χ3n) is 4.06. The van der Waals surface area contributed by atoms with Gasteiger partial charge in [0.25, 0.3) is 0 Å². The van der Waals surface area contributed by atoms with Crippen LogP contribution in [0.15, 0.2) is 0 Å². The topological polar surface area (TPSA) is 46.2 Å². The number of hydrogen-bond donors (Lipinski definition) is 1. The van der Waals surface area contributed by atoms with Gasteiger partial charge in [0, 0.05) is 6.04 Å². The quantitative estimate of drug-likeness (QED) is 0.836. The number of sulfonamides is 1. The molecule has 1 rings (SSSR count). The van der Waals surface area contributed by atoms with Gasteiger partial charge in [-0.3, -0.25) is 0 Å². The second-order valence-electron chi connectivity index (χ2n) is 6.70. The van der Waals surface area contributed by atoms with Crippen LogP contribution in [0, 0.1) is 11.3 Å². The van der Waals surface area contributed by atoms with E-state index in [1.54, 1.807) is 0 Å². The van der Waals surface area contributed by atoms with Crippen molar-refractivity contribution in [2.24, 2.45) is 11.3 Å². The van der Waals surface area contributed by atoms with E-state index in [1.165, 1.54) is 0 Å². The molecule has 1 fully saturated rings. The van der Waals surface area contributed by atoms with E-state index in [9.17, 15) is 8.42 Å². The highest BCUT2D eigenvalue weighted by atomic mass is 32.2. The molecule has 0 bridgehead atoms. The van der Waals surface area contributed by atoms with Crippen molar-refractivity contribution in [3.8, 4) is 0 Å². The molecule has 0 aromatic heterocycles. The molecule has 0 aliphatic heterocycles. The van der Waals surface area contributed by atoms with Gasteiger partial charge >= 0.3 is 0 Å². The second kappa shape index (κ2) is 6.38. The van der Waals surface area contributed by atoms with Crippen LogP contribution in [0.4, 0.5) is 0 Å². The zero-order valence-corrected chi connectivity index (χ0v) is 13.1. The van der Waals surface area contributed by atoms with E-state index >= 15 is 0 Å². The fraction of sp³-hybridized carbons (Fsp3) is 1.00. The molecule has 1 aliphatic carbocycles. The van der Waals surface area contributed by atoms with E-state index in [4.69, 9.17) is 0 Å². The molecule has 0 amide bonds. The standard InChI is InChI=1S/C14H29NO2S/c1-5-6-11-18(16,17)15-13-9-7-12(8-10-13)14(2,3)4/h12-13,15H,5-11H2,1-4H3. The zero-order valence-electron chi connectivity index (χ0n) is 12.3. The molecule has 0 radical (unpaired) electrons. The first-order valence-electron chi connectivity index (χ1n) is 7.24. The Morgan fingerprint density at radius 3 is 2.11 bits per heavy atom. The van der Waals surface area contributed by atoms with Crippen LogP contribution in [0.25, 0.3) is 0 Å². The Bertz CT molecular complexity index is 335. The second-order valence-corrected chi connectivity index (χ2v) is 8.58. The van der Waals surface area contributed by atoms with Crippen LogP contribution in [-0.4, -0.2) is 20.2 Å². The molecular formula is C14H29NO2S. The SMILES string of the molecule is CCCCS(=O)(=O)NC1CCC(C(C)(C)C)CC1. The van der Waals surface area contributed by atoms with Gasteiger partial charge < -0.3 is 0 Å². The van der Waals surface area contributed by atoms with Crippen molar-refractivity contribution in [1.29, 1.82) is 0 Å². The summed E-state index contributed by atoms with van der Waals surface area (Å²) >= 11 is 0. The molecule has 0 aromatic carbocycles. The Morgan fingerprint density at radius 2 is 1.67 bits per heavy atom. The summed E-state index contributed by atoms with van der Waals surface area (Å²) in [6.45, 7) is 8.86. The van der Waals surface area contributed by atoms with Crippen molar-refractivity contribution >= 4 is 10.0 Å². The Balaban J connectivity index is 2.40.